The van der Waals surface area contributed by atoms with Gasteiger partial charge in [0, 0.05) is 70.3 Å². The van der Waals surface area contributed by atoms with Crippen LogP contribution in [-0.4, -0.2) is 105 Å². The van der Waals surface area contributed by atoms with Gasteiger partial charge in [0.05, 0.1) is 0 Å². The lowest BCUT2D eigenvalue weighted by molar-refractivity contribution is -0.167. The molecule has 1 aromatic rings. The van der Waals surface area contributed by atoms with E-state index in [4.69, 9.17) is 4.52 Å². The minimum Gasteiger partial charge on any atom is -0.425 e. The number of carbonyl (C=O) groups is 5. The molecule has 5 amide bonds. The largest absolute Gasteiger partial charge is 0.425 e. The van der Waals surface area contributed by atoms with Gasteiger partial charge < -0.3 is 25.4 Å². The Kier molecular flexibility index (Phi) is 19.7. The molecule has 18 heteroatoms. The van der Waals surface area contributed by atoms with Crippen LogP contribution in [0.4, 0.5) is 0 Å². The van der Waals surface area contributed by atoms with E-state index in [9.17, 15) is 49.1 Å². The maximum absolute atomic E-state index is 12.2. The molecule has 48 heavy (non-hydrogen) atoms. The van der Waals surface area contributed by atoms with Crippen molar-refractivity contribution < 1.29 is 53.6 Å². The summed E-state index contributed by atoms with van der Waals surface area (Å²) in [4.78, 5) is 68.2. The Hall–Kier alpha value is -4.02. The maximum Gasteiger partial charge on any atom is 0.373 e. The normalized spacial score (nSPS) is 11.9. The van der Waals surface area contributed by atoms with Crippen molar-refractivity contribution in [2.75, 3.05) is 39.5 Å². The Morgan fingerprint density at radius 1 is 0.750 bits per heavy atom. The Morgan fingerprint density at radius 3 is 1.79 bits per heavy atom. The standard InChI is InChI=1S/C30H49N6O11P/c1-23(31-18-6-4-8-21-35(43)29(40)17-15-27(38)33-22-36(44)24(2)37)10-16-28(39)34(42)20-9-5-7-19-32-30(41)25-11-13-26(14-12-25)47-48(3,45)46/h11-14,31,42-44H,1,4-10,15-22H2,2-3H3,(H,32,41)(H,33,38)(H,45,46). The van der Waals surface area contributed by atoms with E-state index >= 15 is 0 Å². The first-order chi connectivity index (χ1) is 22.6. The Labute approximate surface area is 280 Å². The highest BCUT2D eigenvalue weighted by molar-refractivity contribution is 7.52. The van der Waals surface area contributed by atoms with Gasteiger partial charge in [0.1, 0.15) is 12.4 Å². The summed E-state index contributed by atoms with van der Waals surface area (Å²) in [5.41, 5.74) is 1.01. The number of hydrogen-bond donors (Lipinski definition) is 7. The first-order valence-corrected chi connectivity index (χ1v) is 17.6. The second kappa shape index (κ2) is 22.5. The predicted molar refractivity (Wildman–Crippen MR) is 173 cm³/mol. The summed E-state index contributed by atoms with van der Waals surface area (Å²) in [7, 11) is -3.68. The summed E-state index contributed by atoms with van der Waals surface area (Å²) in [6, 6.07) is 5.85. The van der Waals surface area contributed by atoms with E-state index in [0.717, 1.165) is 13.6 Å². The van der Waals surface area contributed by atoms with Crippen LogP contribution in [0.15, 0.2) is 36.5 Å². The van der Waals surface area contributed by atoms with Gasteiger partial charge in [-0.05, 0) is 69.2 Å². The summed E-state index contributed by atoms with van der Waals surface area (Å²) >= 11 is 0. The summed E-state index contributed by atoms with van der Waals surface area (Å²) in [5, 5.41) is 38.8. The first-order valence-electron chi connectivity index (χ1n) is 15.6. The minimum absolute atomic E-state index is 0.0743. The van der Waals surface area contributed by atoms with Crippen LogP contribution in [0.1, 0.15) is 81.5 Å². The number of nitrogens with zero attached hydrogens (tertiary/aromatic N) is 3. The monoisotopic (exact) mass is 700 g/mol. The summed E-state index contributed by atoms with van der Waals surface area (Å²) in [5.74, 6) is -2.37. The van der Waals surface area contributed by atoms with E-state index < -0.39 is 37.9 Å². The molecule has 0 saturated heterocycles. The number of benzene rings is 1. The number of rotatable bonds is 24. The molecule has 0 heterocycles. The molecule has 1 rings (SSSR count). The van der Waals surface area contributed by atoms with Crippen LogP contribution in [0.5, 0.6) is 5.75 Å². The third kappa shape index (κ3) is 19.6. The number of unbranched alkanes of at least 4 members (excludes halogenated alkanes) is 4. The quantitative estimate of drug-likeness (QED) is 0.0271. The summed E-state index contributed by atoms with van der Waals surface area (Å²) < 4.78 is 16.2. The van der Waals surface area contributed by atoms with Gasteiger partial charge in [-0.25, -0.2) is 19.8 Å². The number of carbonyl (C=O) groups excluding carboxylic acids is 5. The lowest BCUT2D eigenvalue weighted by atomic mass is 10.2. The van der Waals surface area contributed by atoms with Crippen LogP contribution in [0.25, 0.3) is 0 Å². The van der Waals surface area contributed by atoms with Crippen LogP contribution >= 0.6 is 7.60 Å². The molecule has 1 unspecified atom stereocenters. The number of hydrogen-bond acceptors (Lipinski definition) is 11. The molecule has 0 aromatic heterocycles. The molecule has 270 valence electrons. The van der Waals surface area contributed by atoms with Crippen molar-refractivity contribution >= 4 is 37.1 Å². The van der Waals surface area contributed by atoms with Crippen molar-refractivity contribution in [2.24, 2.45) is 0 Å². The zero-order chi connectivity index (χ0) is 36.1. The minimum atomic E-state index is -3.68. The van der Waals surface area contributed by atoms with E-state index in [1.54, 1.807) is 0 Å². The molecular formula is C30H49N6O11P. The van der Waals surface area contributed by atoms with E-state index in [2.05, 4.69) is 22.5 Å². The van der Waals surface area contributed by atoms with Crippen molar-refractivity contribution in [3.63, 3.8) is 0 Å². The molecule has 0 aliphatic rings. The molecule has 0 spiro atoms. The van der Waals surface area contributed by atoms with Gasteiger partial charge in [0.2, 0.25) is 23.6 Å². The van der Waals surface area contributed by atoms with Crippen molar-refractivity contribution in [3.8, 4) is 5.75 Å². The van der Waals surface area contributed by atoms with Gasteiger partial charge in [-0.2, -0.15) is 0 Å². The molecular weight excluding hydrogens is 651 g/mol. The zero-order valence-electron chi connectivity index (χ0n) is 27.6. The fourth-order valence-electron chi connectivity index (χ4n) is 4.00. The average Bonchev–Trinajstić information content (AvgIpc) is 3.03. The SMILES string of the molecule is C=C(CCC(=O)N(O)CCCCCNC(=O)c1ccc(OP(C)(=O)O)cc1)NCCCCCN(O)C(=O)CCC(=O)NCN(O)C(C)=O. The van der Waals surface area contributed by atoms with Gasteiger partial charge in [0.25, 0.3) is 5.91 Å². The molecule has 0 saturated carbocycles. The molecule has 0 fully saturated rings. The van der Waals surface area contributed by atoms with Crippen LogP contribution in [0.3, 0.4) is 0 Å². The average molecular weight is 701 g/mol. The van der Waals surface area contributed by atoms with Crippen LogP contribution in [0.2, 0.25) is 0 Å². The van der Waals surface area contributed by atoms with Crippen molar-refractivity contribution in [1.29, 1.82) is 0 Å². The van der Waals surface area contributed by atoms with Crippen molar-refractivity contribution in [2.45, 2.75) is 71.1 Å². The highest BCUT2D eigenvalue weighted by Gasteiger charge is 2.15. The van der Waals surface area contributed by atoms with Gasteiger partial charge in [-0.15, -0.1) is 0 Å². The third-order valence-corrected chi connectivity index (χ3v) is 7.27. The molecule has 0 aliphatic carbocycles. The molecule has 0 bridgehead atoms. The fraction of sp³-hybridized carbons (Fsp3) is 0.567. The van der Waals surface area contributed by atoms with Gasteiger partial charge in [0.15, 0.2) is 0 Å². The van der Waals surface area contributed by atoms with Gasteiger partial charge in [-0.3, -0.25) is 39.6 Å². The Morgan fingerprint density at radius 2 is 1.27 bits per heavy atom. The van der Waals surface area contributed by atoms with Crippen LogP contribution in [-0.2, 0) is 23.7 Å². The van der Waals surface area contributed by atoms with Crippen LogP contribution in [0, 0.1) is 0 Å². The lowest BCUT2D eigenvalue weighted by Gasteiger charge is -2.16. The van der Waals surface area contributed by atoms with Gasteiger partial charge >= 0.3 is 7.60 Å². The van der Waals surface area contributed by atoms with Crippen molar-refractivity contribution in [1.82, 2.24) is 31.1 Å². The second-order valence-electron chi connectivity index (χ2n) is 11.0. The molecule has 0 aliphatic heterocycles. The number of allylic oxidation sites excluding steroid dienone is 1. The van der Waals surface area contributed by atoms with E-state index in [1.807, 2.05) is 0 Å². The topological polar surface area (TPSA) is 238 Å². The smallest absolute Gasteiger partial charge is 0.373 e. The second-order valence-corrected chi connectivity index (χ2v) is 12.8. The molecule has 1 aromatic carbocycles. The third-order valence-electron chi connectivity index (χ3n) is 6.72. The number of nitrogens with one attached hydrogen (secondary N) is 3. The van der Waals surface area contributed by atoms with Gasteiger partial charge in [-0.1, -0.05) is 6.58 Å². The van der Waals surface area contributed by atoms with E-state index in [1.165, 1.54) is 24.3 Å². The summed E-state index contributed by atoms with van der Waals surface area (Å²) in [6.45, 7) is 6.89. The molecule has 0 radical (unpaired) electrons. The molecule has 17 nitrogen and oxygen atoms in total. The maximum atomic E-state index is 12.2. The fourth-order valence-corrected chi connectivity index (χ4v) is 4.51. The van der Waals surface area contributed by atoms with Crippen LogP contribution < -0.4 is 20.5 Å². The number of hydroxylamine groups is 6. The lowest BCUT2D eigenvalue weighted by Crippen LogP contribution is -2.38. The van der Waals surface area contributed by atoms with E-state index in [0.29, 0.717) is 84.5 Å². The summed E-state index contributed by atoms with van der Waals surface area (Å²) in [6.07, 6.45) is 3.75. The Balaban J connectivity index is 2.08. The first kappa shape index (κ1) is 42.0. The molecule has 7 N–H and O–H groups in total. The Bertz CT molecular complexity index is 1260. The highest BCUT2D eigenvalue weighted by Crippen LogP contribution is 2.37. The van der Waals surface area contributed by atoms with Crippen molar-refractivity contribution in [3.05, 3.63) is 42.1 Å². The molecule has 1 atom stereocenters. The zero-order valence-corrected chi connectivity index (χ0v) is 28.5. The number of amides is 5. The predicted octanol–water partition coefficient (Wildman–Crippen LogP) is 2.36. The van der Waals surface area contributed by atoms with E-state index in [-0.39, 0.29) is 44.0 Å². The highest BCUT2D eigenvalue weighted by atomic mass is 31.2.